The van der Waals surface area contributed by atoms with Crippen molar-refractivity contribution in [3.8, 4) is 6.07 Å². The highest BCUT2D eigenvalue weighted by Gasteiger charge is 2.18. The summed E-state index contributed by atoms with van der Waals surface area (Å²) in [5.41, 5.74) is 1.26. The summed E-state index contributed by atoms with van der Waals surface area (Å²) in [5, 5.41) is 8.81. The fraction of sp³-hybridized carbons (Fsp3) is 0.417. The molecule has 3 heteroatoms. The van der Waals surface area contributed by atoms with Gasteiger partial charge in [-0.05, 0) is 37.1 Å². The summed E-state index contributed by atoms with van der Waals surface area (Å²) in [6.07, 6.45) is 1.99. The number of hydrogen-bond acceptors (Lipinski definition) is 2. The Kier molecular flexibility index (Phi) is 3.27. The molecule has 0 unspecified atom stereocenters. The van der Waals surface area contributed by atoms with Gasteiger partial charge in [0.2, 0.25) is 0 Å². The number of benzene rings is 1. The lowest BCUT2D eigenvalue weighted by molar-refractivity contribution is 0.488. The van der Waals surface area contributed by atoms with Crippen LogP contribution < -0.4 is 4.90 Å². The van der Waals surface area contributed by atoms with Gasteiger partial charge in [0.15, 0.2) is 0 Å². The van der Waals surface area contributed by atoms with E-state index in [9.17, 15) is 0 Å². The number of piperidine rings is 1. The number of halogens is 1. The Morgan fingerprint density at radius 2 is 1.80 bits per heavy atom. The van der Waals surface area contributed by atoms with E-state index in [0.29, 0.717) is 0 Å². The quantitative estimate of drug-likeness (QED) is 0.779. The second-order valence-corrected chi connectivity index (χ2v) is 4.78. The molecule has 0 N–H and O–H groups in total. The first kappa shape index (κ1) is 10.5. The lowest BCUT2D eigenvalue weighted by Crippen LogP contribution is -2.33. The summed E-state index contributed by atoms with van der Waals surface area (Å²) < 4.78 is 1.11. The smallest absolute Gasteiger partial charge is 0.0657 e. The maximum absolute atomic E-state index is 8.81. The molecule has 1 aromatic rings. The van der Waals surface area contributed by atoms with Crippen LogP contribution in [0.1, 0.15) is 12.8 Å². The molecule has 1 fully saturated rings. The van der Waals surface area contributed by atoms with E-state index < -0.39 is 0 Å². The fourth-order valence-electron chi connectivity index (χ4n) is 1.92. The van der Waals surface area contributed by atoms with Gasteiger partial charge in [0.25, 0.3) is 0 Å². The van der Waals surface area contributed by atoms with Crippen LogP contribution in [0.2, 0.25) is 0 Å². The highest BCUT2D eigenvalue weighted by Crippen LogP contribution is 2.24. The van der Waals surface area contributed by atoms with Crippen LogP contribution in [0.4, 0.5) is 5.69 Å². The molecule has 0 radical (unpaired) electrons. The van der Waals surface area contributed by atoms with E-state index >= 15 is 0 Å². The largest absolute Gasteiger partial charge is 0.371 e. The second kappa shape index (κ2) is 4.67. The van der Waals surface area contributed by atoms with Crippen LogP contribution in [0.25, 0.3) is 0 Å². The van der Waals surface area contributed by atoms with Gasteiger partial charge >= 0.3 is 0 Å². The summed E-state index contributed by atoms with van der Waals surface area (Å²) in [4.78, 5) is 2.35. The number of hydrogen-bond donors (Lipinski definition) is 0. The minimum absolute atomic E-state index is 0.261. The summed E-state index contributed by atoms with van der Waals surface area (Å²) in [6, 6.07) is 10.7. The molecule has 0 saturated carbocycles. The molecule has 0 bridgehead atoms. The van der Waals surface area contributed by atoms with E-state index in [1.165, 1.54) is 5.69 Å². The van der Waals surface area contributed by atoms with Crippen LogP contribution in [0.5, 0.6) is 0 Å². The molecule has 0 aliphatic carbocycles. The third-order valence-electron chi connectivity index (χ3n) is 2.87. The normalized spacial score (nSPS) is 17.5. The van der Waals surface area contributed by atoms with Gasteiger partial charge in [0, 0.05) is 29.2 Å². The van der Waals surface area contributed by atoms with Crippen LogP contribution in [-0.4, -0.2) is 13.1 Å². The van der Waals surface area contributed by atoms with Crippen molar-refractivity contribution in [2.45, 2.75) is 12.8 Å². The molecule has 0 atom stereocenters. The first-order valence-corrected chi connectivity index (χ1v) is 5.99. The van der Waals surface area contributed by atoms with Gasteiger partial charge < -0.3 is 4.90 Å². The van der Waals surface area contributed by atoms with Crippen molar-refractivity contribution in [1.82, 2.24) is 0 Å². The molecule has 15 heavy (non-hydrogen) atoms. The van der Waals surface area contributed by atoms with Gasteiger partial charge in [-0.2, -0.15) is 5.26 Å². The molecule has 1 aliphatic heterocycles. The number of rotatable bonds is 1. The minimum atomic E-state index is 0.261. The van der Waals surface area contributed by atoms with Crippen molar-refractivity contribution in [3.05, 3.63) is 28.7 Å². The molecule has 0 amide bonds. The van der Waals surface area contributed by atoms with Crippen molar-refractivity contribution in [1.29, 1.82) is 5.26 Å². The van der Waals surface area contributed by atoms with Gasteiger partial charge in [-0.25, -0.2) is 0 Å². The molecular weight excluding hydrogens is 252 g/mol. The topological polar surface area (TPSA) is 27.0 Å². The van der Waals surface area contributed by atoms with Crippen molar-refractivity contribution in [2.75, 3.05) is 18.0 Å². The Balaban J connectivity index is 2.02. The first-order chi connectivity index (χ1) is 7.29. The van der Waals surface area contributed by atoms with Gasteiger partial charge in [0.05, 0.1) is 6.07 Å². The Labute approximate surface area is 98.6 Å². The minimum Gasteiger partial charge on any atom is -0.371 e. The number of nitrogens with zero attached hydrogens (tertiary/aromatic N) is 2. The first-order valence-electron chi connectivity index (χ1n) is 5.20. The SMILES string of the molecule is N#CC1CCN(c2ccc(Br)cc2)CC1. The van der Waals surface area contributed by atoms with E-state index in [2.05, 4.69) is 51.2 Å². The molecule has 1 heterocycles. The molecule has 1 saturated heterocycles. The van der Waals surface area contributed by atoms with Crippen molar-refractivity contribution < 1.29 is 0 Å². The summed E-state index contributed by atoms with van der Waals surface area (Å²) in [6.45, 7) is 2.00. The van der Waals surface area contributed by atoms with Crippen LogP contribution in [0, 0.1) is 17.2 Å². The molecule has 1 aromatic carbocycles. The van der Waals surface area contributed by atoms with Crippen molar-refractivity contribution in [2.24, 2.45) is 5.92 Å². The summed E-state index contributed by atoms with van der Waals surface area (Å²) >= 11 is 3.43. The number of anilines is 1. The average molecular weight is 265 g/mol. The third-order valence-corrected chi connectivity index (χ3v) is 3.40. The maximum atomic E-state index is 8.81. The molecule has 0 spiro atoms. The maximum Gasteiger partial charge on any atom is 0.0657 e. The van der Waals surface area contributed by atoms with Gasteiger partial charge in [0.1, 0.15) is 0 Å². The second-order valence-electron chi connectivity index (χ2n) is 3.87. The Hall–Kier alpha value is -1.01. The van der Waals surface area contributed by atoms with Crippen molar-refractivity contribution in [3.63, 3.8) is 0 Å². The zero-order valence-electron chi connectivity index (χ0n) is 8.49. The molecule has 2 nitrogen and oxygen atoms in total. The van der Waals surface area contributed by atoms with E-state index in [4.69, 9.17) is 5.26 Å². The monoisotopic (exact) mass is 264 g/mol. The van der Waals surface area contributed by atoms with Crippen molar-refractivity contribution >= 4 is 21.6 Å². The summed E-state index contributed by atoms with van der Waals surface area (Å²) in [7, 11) is 0. The lowest BCUT2D eigenvalue weighted by Gasteiger charge is -2.31. The van der Waals surface area contributed by atoms with Crippen LogP contribution in [-0.2, 0) is 0 Å². The Morgan fingerprint density at radius 3 is 2.33 bits per heavy atom. The standard InChI is InChI=1S/C12H13BrN2/c13-11-1-3-12(4-2-11)15-7-5-10(9-14)6-8-15/h1-4,10H,5-8H2. The van der Waals surface area contributed by atoms with Crippen LogP contribution in [0.3, 0.4) is 0 Å². The Bertz CT molecular complexity index is 358. The van der Waals surface area contributed by atoms with Crippen LogP contribution >= 0.6 is 15.9 Å². The molecule has 2 rings (SSSR count). The third kappa shape index (κ3) is 2.51. The molecular formula is C12H13BrN2. The van der Waals surface area contributed by atoms with Gasteiger partial charge in [-0.3, -0.25) is 0 Å². The van der Waals surface area contributed by atoms with E-state index in [1.54, 1.807) is 0 Å². The van der Waals surface area contributed by atoms with E-state index in [0.717, 1.165) is 30.4 Å². The lowest BCUT2D eigenvalue weighted by atomic mass is 9.98. The zero-order valence-corrected chi connectivity index (χ0v) is 10.1. The predicted molar refractivity (Wildman–Crippen MR) is 64.7 cm³/mol. The average Bonchev–Trinajstić information content (AvgIpc) is 2.30. The van der Waals surface area contributed by atoms with E-state index in [-0.39, 0.29) is 5.92 Å². The van der Waals surface area contributed by atoms with Crippen LogP contribution in [0.15, 0.2) is 28.7 Å². The van der Waals surface area contributed by atoms with E-state index in [1.807, 2.05) is 0 Å². The predicted octanol–water partition coefficient (Wildman–Crippen LogP) is 3.19. The Morgan fingerprint density at radius 1 is 1.20 bits per heavy atom. The molecule has 0 aromatic heterocycles. The van der Waals surface area contributed by atoms with Gasteiger partial charge in [-0.15, -0.1) is 0 Å². The summed E-state index contributed by atoms with van der Waals surface area (Å²) in [5.74, 6) is 0.261. The zero-order chi connectivity index (χ0) is 10.7. The highest BCUT2D eigenvalue weighted by atomic mass is 79.9. The molecule has 1 aliphatic rings. The van der Waals surface area contributed by atoms with Gasteiger partial charge in [-0.1, -0.05) is 15.9 Å². The highest BCUT2D eigenvalue weighted by molar-refractivity contribution is 9.10. The molecule has 78 valence electrons. The fourth-order valence-corrected chi connectivity index (χ4v) is 2.18. The number of nitriles is 1.